The zero-order chi connectivity index (χ0) is 22.8. The quantitative estimate of drug-likeness (QED) is 0.557. The Morgan fingerprint density at radius 3 is 2.39 bits per heavy atom. The summed E-state index contributed by atoms with van der Waals surface area (Å²) in [5.74, 6) is 0.793. The first-order chi connectivity index (χ1) is 14.9. The lowest BCUT2D eigenvalue weighted by Gasteiger charge is -2.32. The van der Waals surface area contributed by atoms with Crippen molar-refractivity contribution in [3.8, 4) is 5.75 Å². The van der Waals surface area contributed by atoms with Gasteiger partial charge in [0.2, 0.25) is 11.8 Å². The first kappa shape index (κ1) is 25.2. The molecule has 1 aromatic rings. The topological polar surface area (TPSA) is 70.7 Å². The van der Waals surface area contributed by atoms with Crippen LogP contribution >= 0.6 is 0 Å². The Labute approximate surface area is 188 Å². The average Bonchev–Trinajstić information content (AvgIpc) is 2.80. The van der Waals surface area contributed by atoms with Crippen LogP contribution in [0, 0.1) is 11.8 Å². The molecule has 2 atom stereocenters. The van der Waals surface area contributed by atoms with Crippen LogP contribution in [0.15, 0.2) is 24.3 Å². The Bertz CT molecular complexity index is 697. The van der Waals surface area contributed by atoms with Crippen LogP contribution in [0.2, 0.25) is 0 Å². The van der Waals surface area contributed by atoms with Crippen LogP contribution in [0.3, 0.4) is 0 Å². The van der Waals surface area contributed by atoms with E-state index in [-0.39, 0.29) is 29.7 Å². The molecule has 1 aromatic carbocycles. The summed E-state index contributed by atoms with van der Waals surface area (Å²) >= 11 is 0. The van der Waals surface area contributed by atoms with E-state index in [0.717, 1.165) is 50.1 Å². The van der Waals surface area contributed by atoms with Crippen molar-refractivity contribution < 1.29 is 14.3 Å². The zero-order valence-electron chi connectivity index (χ0n) is 19.9. The van der Waals surface area contributed by atoms with E-state index in [1.165, 1.54) is 6.42 Å². The van der Waals surface area contributed by atoms with Crippen LogP contribution in [0.5, 0.6) is 5.75 Å². The molecule has 6 heteroatoms. The van der Waals surface area contributed by atoms with Gasteiger partial charge in [0, 0.05) is 12.5 Å². The van der Waals surface area contributed by atoms with Crippen molar-refractivity contribution in [2.45, 2.75) is 71.9 Å². The van der Waals surface area contributed by atoms with Crippen LogP contribution in [-0.4, -0.2) is 49.5 Å². The maximum Gasteiger partial charge on any atom is 0.242 e. The zero-order valence-corrected chi connectivity index (χ0v) is 19.9. The average molecular weight is 432 g/mol. The third kappa shape index (κ3) is 7.23. The van der Waals surface area contributed by atoms with Gasteiger partial charge in [-0.2, -0.15) is 0 Å². The van der Waals surface area contributed by atoms with Gasteiger partial charge in [-0.15, -0.1) is 0 Å². The number of nitrogens with one attached hydrogen (secondary N) is 2. The predicted octanol–water partition coefficient (Wildman–Crippen LogP) is 3.92. The van der Waals surface area contributed by atoms with Gasteiger partial charge >= 0.3 is 0 Å². The molecule has 0 aliphatic heterocycles. The van der Waals surface area contributed by atoms with E-state index in [1.54, 1.807) is 7.11 Å². The molecular weight excluding hydrogens is 390 g/mol. The molecule has 0 saturated heterocycles. The molecule has 0 spiro atoms. The summed E-state index contributed by atoms with van der Waals surface area (Å²) in [6.07, 6.45) is 5.26. The fourth-order valence-corrected chi connectivity index (χ4v) is 4.45. The number of carbonyl (C=O) groups is 2. The Kier molecular flexibility index (Phi) is 10.3. The minimum atomic E-state index is -0.517. The van der Waals surface area contributed by atoms with Gasteiger partial charge in [0.15, 0.2) is 0 Å². The van der Waals surface area contributed by atoms with Gasteiger partial charge in [-0.05, 0) is 49.5 Å². The summed E-state index contributed by atoms with van der Waals surface area (Å²) < 4.78 is 5.40. The predicted molar refractivity (Wildman–Crippen MR) is 125 cm³/mol. The molecule has 1 fully saturated rings. The number of ether oxygens (including phenoxy) is 1. The number of rotatable bonds is 11. The molecule has 0 aromatic heterocycles. The lowest BCUT2D eigenvalue weighted by atomic mass is 9.88. The first-order valence-electron chi connectivity index (χ1n) is 11.9. The van der Waals surface area contributed by atoms with E-state index in [0.29, 0.717) is 6.54 Å². The largest absolute Gasteiger partial charge is 0.497 e. The van der Waals surface area contributed by atoms with Crippen molar-refractivity contribution in [1.82, 2.24) is 15.5 Å². The summed E-state index contributed by atoms with van der Waals surface area (Å²) in [5, 5.41) is 6.16. The summed E-state index contributed by atoms with van der Waals surface area (Å²) in [6, 6.07) is 7.53. The molecule has 0 unspecified atom stereocenters. The number of amides is 2. The van der Waals surface area contributed by atoms with Crippen molar-refractivity contribution in [3.63, 3.8) is 0 Å². The highest BCUT2D eigenvalue weighted by Crippen LogP contribution is 2.25. The Hall–Kier alpha value is -2.08. The molecule has 31 heavy (non-hydrogen) atoms. The van der Waals surface area contributed by atoms with Crippen LogP contribution in [-0.2, 0) is 9.59 Å². The van der Waals surface area contributed by atoms with Gasteiger partial charge in [0.1, 0.15) is 11.8 Å². The molecule has 2 amide bonds. The molecule has 1 aliphatic carbocycles. The Morgan fingerprint density at radius 2 is 1.81 bits per heavy atom. The molecule has 1 aliphatic rings. The molecule has 0 bridgehead atoms. The van der Waals surface area contributed by atoms with E-state index >= 15 is 0 Å². The number of methoxy groups -OCH3 is 1. The number of nitrogens with zero attached hydrogens (tertiary/aromatic N) is 1. The Balaban J connectivity index is 2.08. The van der Waals surface area contributed by atoms with Crippen molar-refractivity contribution >= 4 is 11.8 Å². The minimum Gasteiger partial charge on any atom is -0.497 e. The molecule has 174 valence electrons. The highest BCUT2D eigenvalue weighted by Gasteiger charge is 2.29. The lowest BCUT2D eigenvalue weighted by molar-refractivity contribution is -0.132. The molecule has 1 saturated carbocycles. The van der Waals surface area contributed by atoms with E-state index < -0.39 is 6.04 Å². The maximum absolute atomic E-state index is 13.1. The van der Waals surface area contributed by atoms with E-state index in [9.17, 15) is 9.59 Å². The van der Waals surface area contributed by atoms with Crippen molar-refractivity contribution in [3.05, 3.63) is 29.8 Å². The number of hydrogen-bond acceptors (Lipinski definition) is 4. The number of hydrogen-bond donors (Lipinski definition) is 2. The molecule has 0 heterocycles. The number of likely N-dealkylation sites (N-methyl/N-ethyl adjacent to an activating group) is 1. The maximum atomic E-state index is 13.1. The fourth-order valence-electron chi connectivity index (χ4n) is 4.45. The van der Waals surface area contributed by atoms with E-state index in [2.05, 4.69) is 35.4 Å². The van der Waals surface area contributed by atoms with Crippen LogP contribution in [0.4, 0.5) is 0 Å². The summed E-state index contributed by atoms with van der Waals surface area (Å²) in [6.45, 7) is 10.4. The molecular formula is C25H41N3O3. The monoisotopic (exact) mass is 431 g/mol. The van der Waals surface area contributed by atoms with Gasteiger partial charge < -0.3 is 15.4 Å². The molecule has 6 nitrogen and oxygen atoms in total. The lowest BCUT2D eigenvalue weighted by Crippen LogP contribution is -2.52. The van der Waals surface area contributed by atoms with E-state index in [1.807, 2.05) is 32.0 Å². The molecule has 0 radical (unpaired) electrons. The second-order valence-corrected chi connectivity index (χ2v) is 8.82. The normalized spacial score (nSPS) is 16.7. The van der Waals surface area contributed by atoms with Crippen LogP contribution < -0.4 is 15.4 Å². The SMILES string of the molecule is CCN(CC)[C@@H](CNC(=O)[C@H](NC(=O)C1CCCCC1)C(C)C)c1cccc(OC)c1. The van der Waals surface area contributed by atoms with Crippen molar-refractivity contribution in [1.29, 1.82) is 0 Å². The third-order valence-electron chi connectivity index (χ3n) is 6.42. The first-order valence-corrected chi connectivity index (χ1v) is 11.9. The van der Waals surface area contributed by atoms with Crippen LogP contribution in [0.1, 0.15) is 71.4 Å². The third-order valence-corrected chi connectivity index (χ3v) is 6.42. The number of carbonyl (C=O) groups excluding carboxylic acids is 2. The highest BCUT2D eigenvalue weighted by atomic mass is 16.5. The van der Waals surface area contributed by atoms with Gasteiger partial charge in [-0.3, -0.25) is 14.5 Å². The van der Waals surface area contributed by atoms with Gasteiger partial charge in [-0.1, -0.05) is 59.1 Å². The Morgan fingerprint density at radius 1 is 1.13 bits per heavy atom. The summed E-state index contributed by atoms with van der Waals surface area (Å²) in [4.78, 5) is 28.1. The van der Waals surface area contributed by atoms with Crippen molar-refractivity contribution in [2.24, 2.45) is 11.8 Å². The fraction of sp³-hybridized carbons (Fsp3) is 0.680. The molecule has 2 N–H and O–H groups in total. The minimum absolute atomic E-state index is 0.0243. The molecule has 2 rings (SSSR count). The second kappa shape index (κ2) is 12.7. The smallest absolute Gasteiger partial charge is 0.242 e. The van der Waals surface area contributed by atoms with Gasteiger partial charge in [-0.25, -0.2) is 0 Å². The van der Waals surface area contributed by atoms with Gasteiger partial charge in [0.05, 0.1) is 13.2 Å². The van der Waals surface area contributed by atoms with Crippen molar-refractivity contribution in [2.75, 3.05) is 26.7 Å². The van der Waals surface area contributed by atoms with Gasteiger partial charge in [0.25, 0.3) is 0 Å². The highest BCUT2D eigenvalue weighted by molar-refractivity contribution is 5.88. The van der Waals surface area contributed by atoms with Crippen LogP contribution in [0.25, 0.3) is 0 Å². The van der Waals surface area contributed by atoms with E-state index in [4.69, 9.17) is 4.74 Å². The summed E-state index contributed by atoms with van der Waals surface area (Å²) in [5.41, 5.74) is 1.11. The number of benzene rings is 1. The second-order valence-electron chi connectivity index (χ2n) is 8.82. The standard InChI is InChI=1S/C25H41N3O3/c1-6-28(7-2)22(20-14-11-15-21(16-20)31-5)17-26-25(30)23(18(3)4)27-24(29)19-12-9-8-10-13-19/h11,14-16,18-19,22-23H,6-10,12-13,17H2,1-5H3,(H,26,30)(H,27,29)/t22-,23+/m0/s1. The summed E-state index contributed by atoms with van der Waals surface area (Å²) in [7, 11) is 1.66.